The molecule has 182 valence electrons. The summed E-state index contributed by atoms with van der Waals surface area (Å²) >= 11 is 1.32. The quantitative estimate of drug-likeness (QED) is 0.406. The second-order valence-corrected chi connectivity index (χ2v) is 8.88. The number of nitrogens with one attached hydrogen (secondary N) is 1. The number of carbonyl (C=O) groups excluding carboxylic acids is 1. The predicted octanol–water partition coefficient (Wildman–Crippen LogP) is 4.44. The zero-order chi connectivity index (χ0) is 24.9. The Morgan fingerprint density at radius 2 is 1.71 bits per heavy atom. The summed E-state index contributed by atoms with van der Waals surface area (Å²) in [6, 6.07) is 12.6. The summed E-state index contributed by atoms with van der Waals surface area (Å²) in [4.78, 5) is 16.7. The van der Waals surface area contributed by atoms with Gasteiger partial charge in [-0.15, -0.1) is 0 Å². The zero-order valence-corrected chi connectivity index (χ0v) is 20.7. The molecule has 0 spiro atoms. The number of hydrazone groups is 1. The number of fused-ring (bicyclic) bond motifs is 1. The Balaban J connectivity index is 1.42. The molecular weight excluding hydrogens is 468 g/mol. The molecule has 2 aliphatic rings. The molecule has 2 aromatic rings. The number of hydrogen-bond acceptors (Lipinski definition) is 8. The first-order chi connectivity index (χ1) is 16.9. The number of hydrogen-bond donors (Lipinski definition) is 1. The molecule has 2 aromatic carbocycles. The highest BCUT2D eigenvalue weighted by Gasteiger charge is 2.36. The van der Waals surface area contributed by atoms with Gasteiger partial charge in [0.05, 0.1) is 19.8 Å². The van der Waals surface area contributed by atoms with Crippen molar-refractivity contribution >= 4 is 39.8 Å². The van der Waals surface area contributed by atoms with Crippen LogP contribution in [-0.4, -0.2) is 54.4 Å². The minimum Gasteiger partial charge on any atom is -0.497 e. The Morgan fingerprint density at radius 3 is 2.40 bits per heavy atom. The molecule has 0 bridgehead atoms. The van der Waals surface area contributed by atoms with Crippen LogP contribution in [0.2, 0.25) is 0 Å². The van der Waals surface area contributed by atoms with Crippen molar-refractivity contribution in [3.63, 3.8) is 0 Å². The summed E-state index contributed by atoms with van der Waals surface area (Å²) < 4.78 is 22.1. The van der Waals surface area contributed by atoms with E-state index in [1.54, 1.807) is 38.5 Å². The van der Waals surface area contributed by atoms with Gasteiger partial charge in [0.15, 0.2) is 17.3 Å². The van der Waals surface area contributed by atoms with Crippen molar-refractivity contribution in [2.24, 2.45) is 16.0 Å². The van der Waals surface area contributed by atoms with E-state index in [4.69, 9.17) is 24.4 Å². The maximum atomic E-state index is 12.6. The minimum atomic E-state index is -0.469. The summed E-state index contributed by atoms with van der Waals surface area (Å²) in [6.45, 7) is 4.68. The van der Waals surface area contributed by atoms with Gasteiger partial charge in [0.1, 0.15) is 29.8 Å². The van der Waals surface area contributed by atoms with Crippen LogP contribution in [0, 0.1) is 11.3 Å². The average molecular weight is 495 g/mol. The summed E-state index contributed by atoms with van der Waals surface area (Å²) in [6.07, 6.45) is 1.61. The van der Waals surface area contributed by atoms with Crippen molar-refractivity contribution in [3.8, 4) is 23.0 Å². The van der Waals surface area contributed by atoms with Gasteiger partial charge in [-0.05, 0) is 59.8 Å². The molecule has 1 N–H and O–H groups in total. The van der Waals surface area contributed by atoms with Crippen LogP contribution in [-0.2, 0) is 4.79 Å². The first kappa shape index (κ1) is 24.3. The molecule has 4 rings (SSSR count). The molecule has 0 saturated carbocycles. The lowest BCUT2D eigenvalue weighted by molar-refractivity contribution is -0.114. The molecular formula is C25H26N4O5S. The van der Waals surface area contributed by atoms with Gasteiger partial charge in [-0.2, -0.15) is 15.1 Å². The van der Waals surface area contributed by atoms with Gasteiger partial charge in [0, 0.05) is 5.92 Å². The zero-order valence-electron chi connectivity index (χ0n) is 19.9. The van der Waals surface area contributed by atoms with Crippen LogP contribution in [0.5, 0.6) is 23.0 Å². The van der Waals surface area contributed by atoms with Crippen molar-refractivity contribution in [1.82, 2.24) is 5.01 Å². The Bertz CT molecular complexity index is 1220. The van der Waals surface area contributed by atoms with E-state index in [9.17, 15) is 4.79 Å². The van der Waals surface area contributed by atoms with Gasteiger partial charge in [-0.1, -0.05) is 19.9 Å². The molecule has 9 nitrogen and oxygen atoms in total. The highest BCUT2D eigenvalue weighted by atomic mass is 32.2. The smallest absolute Gasteiger partial charge is 0.283 e. The number of aliphatic imine (C=N–C) groups is 1. The van der Waals surface area contributed by atoms with Crippen LogP contribution >= 0.6 is 11.8 Å². The first-order valence-electron chi connectivity index (χ1n) is 11.0. The molecule has 1 amide bonds. The number of benzene rings is 2. The average Bonchev–Trinajstić information content (AvgIpc) is 3.30. The van der Waals surface area contributed by atoms with Crippen molar-refractivity contribution in [2.45, 2.75) is 13.8 Å². The molecule has 0 fully saturated rings. The van der Waals surface area contributed by atoms with Crippen molar-refractivity contribution in [2.75, 3.05) is 27.4 Å². The fourth-order valence-electron chi connectivity index (χ4n) is 3.28. The molecule has 2 aliphatic heterocycles. The Hall–Kier alpha value is -3.79. The third kappa shape index (κ3) is 5.48. The van der Waals surface area contributed by atoms with Gasteiger partial charge in [0.25, 0.3) is 5.91 Å². The molecule has 0 radical (unpaired) electrons. The number of nitrogens with zero attached hydrogens (tertiary/aromatic N) is 3. The Labute approximate surface area is 207 Å². The van der Waals surface area contributed by atoms with Crippen molar-refractivity contribution in [3.05, 3.63) is 53.6 Å². The normalized spacial score (nSPS) is 16.3. The van der Waals surface area contributed by atoms with Gasteiger partial charge < -0.3 is 18.9 Å². The second kappa shape index (κ2) is 10.6. The molecule has 0 atom stereocenters. The van der Waals surface area contributed by atoms with Crippen LogP contribution in [0.15, 0.2) is 58.1 Å². The van der Waals surface area contributed by atoms with Gasteiger partial charge >= 0.3 is 0 Å². The number of ether oxygens (including phenoxy) is 4. The van der Waals surface area contributed by atoms with E-state index in [1.165, 1.54) is 16.8 Å². The van der Waals surface area contributed by atoms with E-state index in [-0.39, 0.29) is 17.3 Å². The molecule has 10 heteroatoms. The summed E-state index contributed by atoms with van der Waals surface area (Å²) in [7, 11) is 3.16. The lowest BCUT2D eigenvalue weighted by Gasteiger charge is -2.20. The standard InChI is InChI=1S/C25H26N4O5S/c1-15(2)24-28-29-22(26)19(23(30)27-25(29)35-24)13-16-5-10-20(21(14-16)32-4)34-12-11-33-18-8-6-17(31-3)7-9-18/h5-10,13-15,26H,11-12H2,1-4H3. The largest absolute Gasteiger partial charge is 0.497 e. The fourth-order valence-corrected chi connectivity index (χ4v) is 4.18. The van der Waals surface area contributed by atoms with Gasteiger partial charge in [-0.25, -0.2) is 0 Å². The van der Waals surface area contributed by atoms with Crippen molar-refractivity contribution in [1.29, 1.82) is 5.41 Å². The molecule has 35 heavy (non-hydrogen) atoms. The van der Waals surface area contributed by atoms with Crippen LogP contribution in [0.3, 0.4) is 0 Å². The lowest BCUT2D eigenvalue weighted by Crippen LogP contribution is -2.35. The number of thioether (sulfide) groups is 1. The monoisotopic (exact) mass is 494 g/mol. The molecule has 0 unspecified atom stereocenters. The summed E-state index contributed by atoms with van der Waals surface area (Å²) in [5.41, 5.74) is 0.835. The lowest BCUT2D eigenvalue weighted by atomic mass is 10.1. The Morgan fingerprint density at radius 1 is 1.00 bits per heavy atom. The first-order valence-corrected chi connectivity index (χ1v) is 11.8. The molecule has 0 aliphatic carbocycles. The molecule has 0 saturated heterocycles. The van der Waals surface area contributed by atoms with Crippen LogP contribution in [0.25, 0.3) is 6.08 Å². The maximum Gasteiger partial charge on any atom is 0.283 e. The topological polar surface area (TPSA) is 106 Å². The second-order valence-electron chi connectivity index (χ2n) is 7.90. The summed E-state index contributed by atoms with van der Waals surface area (Å²) in [5, 5.41) is 15.6. The third-order valence-corrected chi connectivity index (χ3v) is 6.34. The summed E-state index contributed by atoms with van der Waals surface area (Å²) in [5.74, 6) is 2.23. The Kier molecular flexibility index (Phi) is 7.40. The van der Waals surface area contributed by atoms with E-state index in [2.05, 4.69) is 10.1 Å². The van der Waals surface area contributed by atoms with Gasteiger partial charge in [-0.3, -0.25) is 10.2 Å². The maximum absolute atomic E-state index is 12.6. The van der Waals surface area contributed by atoms with Crippen LogP contribution in [0.4, 0.5) is 0 Å². The highest BCUT2D eigenvalue weighted by molar-refractivity contribution is 8.27. The van der Waals surface area contributed by atoms with E-state index < -0.39 is 5.91 Å². The number of carbonyl (C=O) groups is 1. The SMILES string of the molecule is COc1ccc(OCCOc2ccc(C=C3C(=N)N4N=C(C(C)C)SC4=NC3=O)cc2OC)cc1. The van der Waals surface area contributed by atoms with Crippen LogP contribution in [0.1, 0.15) is 19.4 Å². The van der Waals surface area contributed by atoms with E-state index in [0.717, 1.165) is 16.5 Å². The van der Waals surface area contributed by atoms with Gasteiger partial charge in [0.2, 0.25) is 5.17 Å². The van der Waals surface area contributed by atoms with E-state index >= 15 is 0 Å². The minimum absolute atomic E-state index is 0.00174. The third-order valence-electron chi connectivity index (χ3n) is 5.13. The number of methoxy groups -OCH3 is 2. The fraction of sp³-hybridized carbons (Fsp3) is 0.280. The van der Waals surface area contributed by atoms with Crippen molar-refractivity contribution < 1.29 is 23.7 Å². The van der Waals surface area contributed by atoms with E-state index in [1.807, 2.05) is 38.1 Å². The molecule has 2 heterocycles. The number of amidine groups is 2. The van der Waals surface area contributed by atoms with Crippen LogP contribution < -0.4 is 18.9 Å². The van der Waals surface area contributed by atoms with E-state index in [0.29, 0.717) is 35.4 Å². The highest BCUT2D eigenvalue weighted by Crippen LogP contribution is 2.32. The number of rotatable bonds is 9. The predicted molar refractivity (Wildman–Crippen MR) is 137 cm³/mol. The molecule has 0 aromatic heterocycles. The number of amides is 1.